The topological polar surface area (TPSA) is 479 Å². The molecule has 94 heavy (non-hydrogen) atoms. The molecule has 6 unspecified atom stereocenters. The van der Waals surface area contributed by atoms with Crippen molar-refractivity contribution >= 4 is 47.3 Å². The lowest BCUT2D eigenvalue weighted by atomic mass is 9.82. The van der Waals surface area contributed by atoms with Crippen molar-refractivity contribution in [1.29, 1.82) is 0 Å². The number of aliphatic hydroxyl groups excluding tert-OH is 9. The normalized spacial score (nSPS) is 26.7. The summed E-state index contributed by atoms with van der Waals surface area (Å²) >= 11 is 0. The molecular formula is C62H112N8O24. The Labute approximate surface area is 551 Å². The third-order valence-electron chi connectivity index (χ3n) is 16.7. The lowest BCUT2D eigenvalue weighted by Gasteiger charge is -2.40. The number of ether oxygens (including phenoxy) is 7. The van der Waals surface area contributed by atoms with E-state index in [1.54, 1.807) is 20.8 Å². The van der Waals surface area contributed by atoms with Crippen molar-refractivity contribution in [2.45, 2.75) is 223 Å². The maximum absolute atomic E-state index is 13.9. The molecule has 3 heterocycles. The molecule has 32 heteroatoms. The molecule has 0 saturated carbocycles. The van der Waals surface area contributed by atoms with Gasteiger partial charge in [0.15, 0.2) is 18.9 Å². The van der Waals surface area contributed by atoms with Crippen molar-refractivity contribution in [1.82, 2.24) is 42.5 Å². The molecule has 0 bridgehead atoms. The summed E-state index contributed by atoms with van der Waals surface area (Å²) in [4.78, 5) is 105. The van der Waals surface area contributed by atoms with Crippen LogP contribution in [0.25, 0.3) is 0 Å². The zero-order chi connectivity index (χ0) is 69.6. The molecule has 15 atom stereocenters. The van der Waals surface area contributed by atoms with Gasteiger partial charge in [-0.1, -0.05) is 34.6 Å². The van der Waals surface area contributed by atoms with E-state index in [2.05, 4.69) is 56.4 Å². The summed E-state index contributed by atoms with van der Waals surface area (Å²) in [5, 5.41) is 112. The van der Waals surface area contributed by atoms with Crippen molar-refractivity contribution in [2.75, 3.05) is 98.7 Å². The third kappa shape index (κ3) is 32.0. The number of aliphatic hydroxyl groups is 9. The Hall–Kier alpha value is -4.88. The first-order valence-corrected chi connectivity index (χ1v) is 33.3. The van der Waals surface area contributed by atoms with Gasteiger partial charge in [-0.2, -0.15) is 0 Å². The van der Waals surface area contributed by atoms with Gasteiger partial charge in [0.2, 0.25) is 47.3 Å². The van der Waals surface area contributed by atoms with Crippen LogP contribution >= 0.6 is 0 Å². The molecule has 17 N–H and O–H groups in total. The SMILES string of the molecule is CC(C)CCOCCCNC(=O)CCCC(=O)NC(CCC(=O)NCCCNC(=O)CCO[C@@H]1OC(CO)[C@H](O)[C@H](O)C1C)(CCC(=O)NCCCNC(=O)CCO[C@@H]1OC(CO)[C@H](O)[C@H](O)C1C)CCC(=O)NCCCNC(=O)CCO[C@@H]1OC(CO)[C@H](O)[C@H](O)C1C. The Bertz CT molecular complexity index is 2030. The highest BCUT2D eigenvalue weighted by Crippen LogP contribution is 2.30. The Morgan fingerprint density at radius 2 is 0.660 bits per heavy atom. The van der Waals surface area contributed by atoms with Gasteiger partial charge in [0.05, 0.1) is 77.2 Å². The highest BCUT2D eigenvalue weighted by atomic mass is 16.7. The number of hydrogen-bond acceptors (Lipinski definition) is 24. The standard InChI is InChI=1S/C62H112N8O24/c1-38(2)16-31-88-30-10-29-69-45(74)11-6-12-52(81)70-62(20-13-46(75)63-23-7-26-66-49(78)17-32-89-59-39(3)53(82)56(85)42(35-71)92-59,21-14-47(76)64-24-8-27-67-50(79)18-33-90-60-40(4)54(83)57(86)43(36-72)93-60)22-15-48(77)65-25-9-28-68-51(80)19-34-91-61-41(5)55(84)58(87)44(37-73)94-61/h38-44,53-61,71-73,82-87H,6-37H2,1-5H3,(H,63,75)(H,64,76)(H,65,77)(H,66,78)(H,67,79)(H,68,80)(H,69,74)(H,70,81)/t39?,40?,41?,42?,43?,44?,53-,54-,55-,56+,57+,58+,59-,60-,61-,62?/m1/s1. The Balaban J connectivity index is 1.63. The van der Waals surface area contributed by atoms with Gasteiger partial charge < -0.3 is 122 Å². The molecular weight excluding hydrogens is 1240 g/mol. The maximum Gasteiger partial charge on any atom is 0.222 e. The van der Waals surface area contributed by atoms with E-state index in [1.807, 2.05) is 0 Å². The summed E-state index contributed by atoms with van der Waals surface area (Å²) < 4.78 is 39.1. The predicted octanol–water partition coefficient (Wildman–Crippen LogP) is -3.77. The quantitative estimate of drug-likeness (QED) is 0.0260. The first-order chi connectivity index (χ1) is 44.8. The van der Waals surface area contributed by atoms with E-state index >= 15 is 0 Å². The van der Waals surface area contributed by atoms with Crippen LogP contribution in [0.1, 0.15) is 144 Å². The van der Waals surface area contributed by atoms with Crippen molar-refractivity contribution in [3.05, 3.63) is 0 Å². The van der Waals surface area contributed by atoms with Crippen LogP contribution in [0.15, 0.2) is 0 Å². The lowest BCUT2D eigenvalue weighted by Crippen LogP contribution is -2.55. The number of carbonyl (C=O) groups excluding carboxylic acids is 8. The molecule has 0 aromatic carbocycles. The Morgan fingerprint density at radius 3 is 0.968 bits per heavy atom. The van der Waals surface area contributed by atoms with Crippen LogP contribution in [0.3, 0.4) is 0 Å². The monoisotopic (exact) mass is 1350 g/mol. The Morgan fingerprint density at radius 1 is 0.372 bits per heavy atom. The van der Waals surface area contributed by atoms with Crippen molar-refractivity contribution in [2.24, 2.45) is 23.7 Å². The van der Waals surface area contributed by atoms with Gasteiger partial charge in [-0.3, -0.25) is 38.4 Å². The van der Waals surface area contributed by atoms with Gasteiger partial charge in [0.1, 0.15) is 36.6 Å². The third-order valence-corrected chi connectivity index (χ3v) is 16.7. The number of carbonyl (C=O) groups is 8. The molecule has 3 fully saturated rings. The summed E-state index contributed by atoms with van der Waals surface area (Å²) in [6, 6.07) is 0. The zero-order valence-corrected chi connectivity index (χ0v) is 55.5. The minimum Gasteiger partial charge on any atom is -0.394 e. The van der Waals surface area contributed by atoms with E-state index in [9.17, 15) is 84.3 Å². The number of rotatable bonds is 48. The molecule has 32 nitrogen and oxygen atoms in total. The maximum atomic E-state index is 13.9. The molecule has 3 rings (SSSR count). The van der Waals surface area contributed by atoms with Crippen LogP contribution in [-0.4, -0.2) is 271 Å². The van der Waals surface area contributed by atoms with Gasteiger partial charge in [-0.25, -0.2) is 0 Å². The van der Waals surface area contributed by atoms with Gasteiger partial charge in [0.25, 0.3) is 0 Å². The van der Waals surface area contributed by atoms with Crippen LogP contribution in [0.2, 0.25) is 0 Å². The zero-order valence-electron chi connectivity index (χ0n) is 55.5. The van der Waals surface area contributed by atoms with E-state index in [4.69, 9.17) is 33.2 Å². The second-order valence-corrected chi connectivity index (χ2v) is 24.9. The summed E-state index contributed by atoms with van der Waals surface area (Å²) in [5.74, 6) is -4.54. The molecule has 0 radical (unpaired) electrons. The van der Waals surface area contributed by atoms with Crippen molar-refractivity contribution in [3.8, 4) is 0 Å². The van der Waals surface area contributed by atoms with E-state index in [-0.39, 0.29) is 160 Å². The van der Waals surface area contributed by atoms with Crippen LogP contribution < -0.4 is 42.5 Å². The molecule has 544 valence electrons. The highest BCUT2D eigenvalue weighted by Gasteiger charge is 2.45. The first-order valence-electron chi connectivity index (χ1n) is 33.3. The molecule has 3 aliphatic heterocycles. The molecule has 0 spiro atoms. The minimum atomic E-state index is -1.32. The van der Waals surface area contributed by atoms with Gasteiger partial charge in [-0.05, 0) is 63.7 Å². The van der Waals surface area contributed by atoms with E-state index in [0.717, 1.165) is 6.42 Å². The Kier molecular flexibility index (Phi) is 41.1. The largest absolute Gasteiger partial charge is 0.394 e. The average Bonchev–Trinajstić information content (AvgIpc) is 0.864. The fourth-order valence-corrected chi connectivity index (χ4v) is 10.5. The first kappa shape index (κ1) is 83.3. The van der Waals surface area contributed by atoms with Gasteiger partial charge >= 0.3 is 0 Å². The van der Waals surface area contributed by atoms with Gasteiger partial charge in [-0.15, -0.1) is 0 Å². The van der Waals surface area contributed by atoms with Crippen LogP contribution in [-0.2, 0) is 71.5 Å². The number of nitrogens with one attached hydrogen (secondary N) is 8. The molecule has 3 aliphatic rings. The molecule has 0 aromatic heterocycles. The number of amides is 8. The van der Waals surface area contributed by atoms with Crippen LogP contribution in [0, 0.1) is 23.7 Å². The van der Waals surface area contributed by atoms with E-state index < -0.39 is 141 Å². The second kappa shape index (κ2) is 46.4. The predicted molar refractivity (Wildman–Crippen MR) is 335 cm³/mol. The molecule has 8 amide bonds. The molecule has 0 aromatic rings. The lowest BCUT2D eigenvalue weighted by molar-refractivity contribution is -0.282. The van der Waals surface area contributed by atoms with Gasteiger partial charge in [0, 0.05) is 114 Å². The molecule has 3 saturated heterocycles. The van der Waals surface area contributed by atoms with Crippen molar-refractivity contribution in [3.63, 3.8) is 0 Å². The van der Waals surface area contributed by atoms with Crippen molar-refractivity contribution < 1.29 is 117 Å². The minimum absolute atomic E-state index is 0.0296. The number of hydrogen-bond donors (Lipinski definition) is 17. The summed E-state index contributed by atoms with van der Waals surface area (Å²) in [6.45, 7) is 9.58. The molecule has 0 aliphatic carbocycles. The second-order valence-electron chi connectivity index (χ2n) is 24.9. The fourth-order valence-electron chi connectivity index (χ4n) is 10.5. The summed E-state index contributed by atoms with van der Waals surface area (Å²) in [5.41, 5.74) is -1.32. The van der Waals surface area contributed by atoms with E-state index in [0.29, 0.717) is 51.4 Å². The van der Waals surface area contributed by atoms with E-state index in [1.165, 1.54) is 0 Å². The smallest absolute Gasteiger partial charge is 0.222 e. The highest BCUT2D eigenvalue weighted by molar-refractivity contribution is 5.81. The fraction of sp³-hybridized carbons (Fsp3) is 0.871. The average molecular weight is 1350 g/mol. The summed E-state index contributed by atoms with van der Waals surface area (Å²) in [6.07, 6.45) is -11.8. The summed E-state index contributed by atoms with van der Waals surface area (Å²) in [7, 11) is 0. The van der Waals surface area contributed by atoms with Crippen LogP contribution in [0.5, 0.6) is 0 Å². The van der Waals surface area contributed by atoms with Crippen LogP contribution in [0.4, 0.5) is 0 Å².